The molecule has 1 aromatic rings. The van der Waals surface area contributed by atoms with Gasteiger partial charge in [-0.2, -0.15) is 0 Å². The molecule has 116 valence electrons. The van der Waals surface area contributed by atoms with Crippen LogP contribution in [-0.4, -0.2) is 43.7 Å². The standard InChI is InChI=1S/C16H26N4O/c1-13-4-6-15(7-5-13)19-16(21)18-11-14-3-2-9-20(12-14)10-8-17/h4-7,14H,2-3,8-12,17H2,1H3,(H2,18,19,21). The Hall–Kier alpha value is -1.59. The van der Waals surface area contributed by atoms with Crippen LogP contribution in [0.25, 0.3) is 0 Å². The van der Waals surface area contributed by atoms with Gasteiger partial charge in [-0.25, -0.2) is 4.79 Å². The van der Waals surface area contributed by atoms with E-state index in [2.05, 4.69) is 15.5 Å². The molecule has 0 bridgehead atoms. The number of nitrogens with two attached hydrogens (primary N) is 1. The Morgan fingerprint density at radius 2 is 2.14 bits per heavy atom. The van der Waals surface area contributed by atoms with Gasteiger partial charge in [0.1, 0.15) is 0 Å². The van der Waals surface area contributed by atoms with Crippen LogP contribution in [0.1, 0.15) is 18.4 Å². The summed E-state index contributed by atoms with van der Waals surface area (Å²) >= 11 is 0. The zero-order valence-electron chi connectivity index (χ0n) is 12.8. The number of nitrogens with zero attached hydrogens (tertiary/aromatic N) is 1. The van der Waals surface area contributed by atoms with Crippen molar-refractivity contribution in [2.24, 2.45) is 11.7 Å². The third-order valence-corrected chi connectivity index (χ3v) is 3.91. The first-order chi connectivity index (χ1) is 10.2. The zero-order chi connectivity index (χ0) is 15.1. The van der Waals surface area contributed by atoms with E-state index in [0.717, 1.165) is 31.9 Å². The number of urea groups is 1. The molecule has 1 atom stereocenters. The first-order valence-electron chi connectivity index (χ1n) is 7.71. The summed E-state index contributed by atoms with van der Waals surface area (Å²) in [5.74, 6) is 0.522. The number of hydrogen-bond acceptors (Lipinski definition) is 3. The topological polar surface area (TPSA) is 70.4 Å². The number of carbonyl (C=O) groups excluding carboxylic acids is 1. The molecular formula is C16H26N4O. The Morgan fingerprint density at radius 3 is 2.86 bits per heavy atom. The van der Waals surface area contributed by atoms with Gasteiger partial charge in [-0.3, -0.25) is 0 Å². The van der Waals surface area contributed by atoms with Gasteiger partial charge in [-0.1, -0.05) is 17.7 Å². The Morgan fingerprint density at radius 1 is 1.38 bits per heavy atom. The quantitative estimate of drug-likeness (QED) is 0.774. The molecule has 0 radical (unpaired) electrons. The molecule has 5 nitrogen and oxygen atoms in total. The van der Waals surface area contributed by atoms with E-state index in [1.54, 1.807) is 0 Å². The summed E-state index contributed by atoms with van der Waals surface area (Å²) in [6, 6.07) is 7.68. The molecule has 5 heteroatoms. The van der Waals surface area contributed by atoms with E-state index in [-0.39, 0.29) is 6.03 Å². The van der Waals surface area contributed by atoms with Crippen LogP contribution in [0.4, 0.5) is 10.5 Å². The van der Waals surface area contributed by atoms with Crippen LogP contribution in [0.2, 0.25) is 0 Å². The second-order valence-corrected chi connectivity index (χ2v) is 5.80. The molecule has 2 amide bonds. The van der Waals surface area contributed by atoms with E-state index in [9.17, 15) is 4.79 Å². The van der Waals surface area contributed by atoms with E-state index < -0.39 is 0 Å². The summed E-state index contributed by atoms with van der Waals surface area (Å²) < 4.78 is 0. The number of amides is 2. The fraction of sp³-hybridized carbons (Fsp3) is 0.562. The third kappa shape index (κ3) is 5.36. The molecule has 0 aliphatic carbocycles. The molecule has 0 spiro atoms. The molecule has 1 aliphatic rings. The highest BCUT2D eigenvalue weighted by atomic mass is 16.2. The van der Waals surface area contributed by atoms with Crippen molar-refractivity contribution in [2.75, 3.05) is 38.0 Å². The van der Waals surface area contributed by atoms with Crippen LogP contribution < -0.4 is 16.4 Å². The first-order valence-corrected chi connectivity index (χ1v) is 7.71. The van der Waals surface area contributed by atoms with Gasteiger partial charge in [0.25, 0.3) is 0 Å². The lowest BCUT2D eigenvalue weighted by molar-refractivity contribution is 0.177. The molecule has 1 heterocycles. The van der Waals surface area contributed by atoms with Gasteiger partial charge in [0.2, 0.25) is 0 Å². The highest BCUT2D eigenvalue weighted by molar-refractivity contribution is 5.89. The molecule has 0 saturated carbocycles. The molecule has 2 rings (SSSR count). The average molecular weight is 290 g/mol. The largest absolute Gasteiger partial charge is 0.338 e. The molecule has 4 N–H and O–H groups in total. The predicted molar refractivity (Wildman–Crippen MR) is 86.4 cm³/mol. The van der Waals surface area contributed by atoms with Gasteiger partial charge in [0, 0.05) is 31.9 Å². The first kappa shape index (κ1) is 15.8. The van der Waals surface area contributed by atoms with Gasteiger partial charge in [-0.15, -0.1) is 0 Å². The Kier molecular flexibility index (Phi) is 6.02. The van der Waals surface area contributed by atoms with E-state index in [1.807, 2.05) is 31.2 Å². The van der Waals surface area contributed by atoms with E-state index in [4.69, 9.17) is 5.73 Å². The lowest BCUT2D eigenvalue weighted by Crippen LogP contribution is -2.43. The second kappa shape index (κ2) is 8.00. The number of piperidine rings is 1. The van der Waals surface area contributed by atoms with Gasteiger partial charge in [-0.05, 0) is 44.4 Å². The second-order valence-electron chi connectivity index (χ2n) is 5.80. The van der Waals surface area contributed by atoms with E-state index in [0.29, 0.717) is 12.5 Å². The minimum absolute atomic E-state index is 0.130. The maximum Gasteiger partial charge on any atom is 0.319 e. The Bertz CT molecular complexity index is 444. The van der Waals surface area contributed by atoms with Crippen LogP contribution in [0.15, 0.2) is 24.3 Å². The Balaban J connectivity index is 1.72. The van der Waals surface area contributed by atoms with Crippen molar-refractivity contribution < 1.29 is 4.79 Å². The number of aryl methyl sites for hydroxylation is 1. The summed E-state index contributed by atoms with van der Waals surface area (Å²) in [6.07, 6.45) is 2.36. The maximum absolute atomic E-state index is 11.9. The number of hydrogen-bond donors (Lipinski definition) is 3. The summed E-state index contributed by atoms with van der Waals surface area (Å²) in [5, 5.41) is 5.83. The lowest BCUT2D eigenvalue weighted by atomic mass is 9.98. The van der Waals surface area contributed by atoms with E-state index in [1.165, 1.54) is 18.4 Å². The fourth-order valence-corrected chi connectivity index (χ4v) is 2.75. The molecule has 0 aromatic heterocycles. The average Bonchev–Trinajstić information content (AvgIpc) is 2.48. The van der Waals surface area contributed by atoms with Crippen molar-refractivity contribution in [3.8, 4) is 0 Å². The monoisotopic (exact) mass is 290 g/mol. The fourth-order valence-electron chi connectivity index (χ4n) is 2.75. The van der Waals surface area contributed by atoms with Crippen molar-refractivity contribution >= 4 is 11.7 Å². The number of anilines is 1. The summed E-state index contributed by atoms with van der Waals surface area (Å²) in [7, 11) is 0. The number of benzene rings is 1. The van der Waals surface area contributed by atoms with Crippen LogP contribution >= 0.6 is 0 Å². The lowest BCUT2D eigenvalue weighted by Gasteiger charge is -2.32. The van der Waals surface area contributed by atoms with Crippen LogP contribution in [0.5, 0.6) is 0 Å². The molecular weight excluding hydrogens is 264 g/mol. The van der Waals surface area contributed by atoms with Crippen molar-refractivity contribution in [3.63, 3.8) is 0 Å². The normalized spacial score (nSPS) is 19.2. The van der Waals surface area contributed by atoms with Crippen molar-refractivity contribution in [3.05, 3.63) is 29.8 Å². The van der Waals surface area contributed by atoms with Crippen LogP contribution in [0.3, 0.4) is 0 Å². The van der Waals surface area contributed by atoms with Gasteiger partial charge in [0.05, 0.1) is 0 Å². The number of nitrogens with one attached hydrogen (secondary N) is 2. The highest BCUT2D eigenvalue weighted by Gasteiger charge is 2.19. The molecule has 1 aliphatic heterocycles. The Labute approximate surface area is 126 Å². The highest BCUT2D eigenvalue weighted by Crippen LogP contribution is 2.15. The smallest absolute Gasteiger partial charge is 0.319 e. The predicted octanol–water partition coefficient (Wildman–Crippen LogP) is 1.79. The van der Waals surface area contributed by atoms with E-state index >= 15 is 0 Å². The van der Waals surface area contributed by atoms with Crippen molar-refractivity contribution in [1.82, 2.24) is 10.2 Å². The number of likely N-dealkylation sites (tertiary alicyclic amines) is 1. The van der Waals surface area contributed by atoms with Crippen LogP contribution in [0, 0.1) is 12.8 Å². The summed E-state index contributed by atoms with van der Waals surface area (Å²) in [5.41, 5.74) is 7.61. The van der Waals surface area contributed by atoms with Gasteiger partial charge in [0.15, 0.2) is 0 Å². The number of carbonyl (C=O) groups is 1. The maximum atomic E-state index is 11.9. The molecule has 1 unspecified atom stereocenters. The molecule has 1 aromatic carbocycles. The summed E-state index contributed by atoms with van der Waals surface area (Å²) in [6.45, 7) is 6.56. The molecule has 21 heavy (non-hydrogen) atoms. The van der Waals surface area contributed by atoms with Gasteiger partial charge >= 0.3 is 6.03 Å². The SMILES string of the molecule is Cc1ccc(NC(=O)NCC2CCCN(CCN)C2)cc1. The minimum atomic E-state index is -0.130. The minimum Gasteiger partial charge on any atom is -0.338 e. The third-order valence-electron chi connectivity index (χ3n) is 3.91. The number of rotatable bonds is 5. The summed E-state index contributed by atoms with van der Waals surface area (Å²) in [4.78, 5) is 14.3. The van der Waals surface area contributed by atoms with Crippen molar-refractivity contribution in [2.45, 2.75) is 19.8 Å². The molecule has 1 saturated heterocycles. The van der Waals surface area contributed by atoms with Gasteiger partial charge < -0.3 is 21.3 Å². The van der Waals surface area contributed by atoms with Crippen LogP contribution in [-0.2, 0) is 0 Å². The van der Waals surface area contributed by atoms with Crippen molar-refractivity contribution in [1.29, 1.82) is 0 Å². The molecule has 1 fully saturated rings. The zero-order valence-corrected chi connectivity index (χ0v) is 12.8.